The first-order valence-corrected chi connectivity index (χ1v) is 7.75. The quantitative estimate of drug-likeness (QED) is 0.674. The Balaban J connectivity index is 1.88. The van der Waals surface area contributed by atoms with Crippen LogP contribution in [0.5, 0.6) is 0 Å². The van der Waals surface area contributed by atoms with Gasteiger partial charge in [-0.1, -0.05) is 48.5 Å². The zero-order valence-corrected chi connectivity index (χ0v) is 13.5. The summed E-state index contributed by atoms with van der Waals surface area (Å²) in [5, 5.41) is 3.40. The first-order chi connectivity index (χ1) is 10.3. The second kappa shape index (κ2) is 6.67. The van der Waals surface area contributed by atoms with Gasteiger partial charge in [-0.25, -0.2) is 9.97 Å². The summed E-state index contributed by atoms with van der Waals surface area (Å²) in [6, 6.07) is 18.8. The summed E-state index contributed by atoms with van der Waals surface area (Å²) in [6.07, 6.45) is 4.26. The van der Waals surface area contributed by atoms with Crippen molar-refractivity contribution in [3.63, 3.8) is 0 Å². The highest BCUT2D eigenvalue weighted by molar-refractivity contribution is 14.1. The molecule has 1 heterocycles. The van der Waals surface area contributed by atoms with Crippen molar-refractivity contribution in [3.05, 3.63) is 81.8 Å². The number of hydrogen-bond acceptors (Lipinski definition) is 3. The number of para-hydroxylation sites is 1. The van der Waals surface area contributed by atoms with E-state index < -0.39 is 0 Å². The Morgan fingerprint density at radius 3 is 2.52 bits per heavy atom. The lowest BCUT2D eigenvalue weighted by Gasteiger charge is -2.12. The van der Waals surface area contributed by atoms with E-state index in [1.807, 2.05) is 12.1 Å². The molecular formula is C17H14IN3. The Morgan fingerprint density at radius 1 is 0.952 bits per heavy atom. The van der Waals surface area contributed by atoms with Crippen LogP contribution in [0.3, 0.4) is 0 Å². The highest BCUT2D eigenvalue weighted by Gasteiger charge is 2.06. The molecule has 0 amide bonds. The summed E-state index contributed by atoms with van der Waals surface area (Å²) >= 11 is 2.24. The maximum Gasteiger partial charge on any atom is 0.147 e. The Labute approximate surface area is 137 Å². The van der Waals surface area contributed by atoms with Crippen molar-refractivity contribution < 1.29 is 0 Å². The zero-order valence-electron chi connectivity index (χ0n) is 11.3. The van der Waals surface area contributed by atoms with Crippen LogP contribution in [0.15, 0.2) is 67.1 Å². The standard InChI is InChI=1S/C17H14IN3/c18-15-11-19-12-20-17(15)21-16-9-5-4-8-14(16)10-13-6-2-1-3-7-13/h1-9,11-12H,10H2,(H,19,20,21). The molecule has 104 valence electrons. The Kier molecular flexibility index (Phi) is 4.45. The average Bonchev–Trinajstić information content (AvgIpc) is 2.52. The fourth-order valence-electron chi connectivity index (χ4n) is 2.14. The van der Waals surface area contributed by atoms with Crippen molar-refractivity contribution in [1.29, 1.82) is 0 Å². The summed E-state index contributed by atoms with van der Waals surface area (Å²) in [6.45, 7) is 0. The minimum Gasteiger partial charge on any atom is -0.339 e. The average molecular weight is 387 g/mol. The van der Waals surface area contributed by atoms with Gasteiger partial charge in [-0.05, 0) is 46.2 Å². The molecule has 0 atom stereocenters. The second-order valence-electron chi connectivity index (χ2n) is 4.66. The summed E-state index contributed by atoms with van der Waals surface area (Å²) in [5.74, 6) is 0.839. The van der Waals surface area contributed by atoms with Gasteiger partial charge in [-0.15, -0.1) is 0 Å². The molecule has 4 heteroatoms. The third-order valence-electron chi connectivity index (χ3n) is 3.18. The third-order valence-corrected chi connectivity index (χ3v) is 3.96. The van der Waals surface area contributed by atoms with Crippen molar-refractivity contribution >= 4 is 34.1 Å². The van der Waals surface area contributed by atoms with E-state index in [4.69, 9.17) is 0 Å². The number of nitrogens with one attached hydrogen (secondary N) is 1. The van der Waals surface area contributed by atoms with Crippen LogP contribution in [0.1, 0.15) is 11.1 Å². The predicted octanol–water partition coefficient (Wildman–Crippen LogP) is 4.42. The third kappa shape index (κ3) is 3.58. The lowest BCUT2D eigenvalue weighted by Crippen LogP contribution is -2.00. The first kappa shape index (κ1) is 14.0. The molecule has 0 saturated carbocycles. The highest BCUT2D eigenvalue weighted by Crippen LogP contribution is 2.24. The maximum atomic E-state index is 4.29. The topological polar surface area (TPSA) is 37.8 Å². The molecule has 3 nitrogen and oxygen atoms in total. The second-order valence-corrected chi connectivity index (χ2v) is 5.83. The van der Waals surface area contributed by atoms with E-state index in [2.05, 4.69) is 80.3 Å². The van der Waals surface area contributed by atoms with E-state index in [1.54, 1.807) is 12.5 Å². The number of hydrogen-bond donors (Lipinski definition) is 1. The van der Waals surface area contributed by atoms with Crippen LogP contribution in [0.4, 0.5) is 11.5 Å². The normalized spacial score (nSPS) is 10.3. The minimum absolute atomic E-state index is 0.839. The van der Waals surface area contributed by atoms with Gasteiger partial charge in [0.05, 0.1) is 3.57 Å². The van der Waals surface area contributed by atoms with Gasteiger partial charge in [0, 0.05) is 11.9 Å². The number of anilines is 2. The van der Waals surface area contributed by atoms with E-state index in [0.717, 1.165) is 21.5 Å². The van der Waals surface area contributed by atoms with E-state index in [1.165, 1.54) is 11.1 Å². The molecule has 0 spiro atoms. The molecule has 2 aromatic carbocycles. The van der Waals surface area contributed by atoms with Gasteiger partial charge in [-0.2, -0.15) is 0 Å². The Bertz CT molecular complexity index is 729. The lowest BCUT2D eigenvalue weighted by atomic mass is 10.0. The van der Waals surface area contributed by atoms with Crippen LogP contribution in [0.25, 0.3) is 0 Å². The largest absolute Gasteiger partial charge is 0.339 e. The molecule has 0 saturated heterocycles. The summed E-state index contributed by atoms with van der Waals surface area (Å²) in [4.78, 5) is 8.31. The fraction of sp³-hybridized carbons (Fsp3) is 0.0588. The number of rotatable bonds is 4. The molecule has 1 N–H and O–H groups in total. The number of aromatic nitrogens is 2. The van der Waals surface area contributed by atoms with Crippen molar-refractivity contribution in [2.45, 2.75) is 6.42 Å². The Hall–Kier alpha value is -1.95. The molecule has 3 rings (SSSR count). The van der Waals surface area contributed by atoms with Crippen LogP contribution >= 0.6 is 22.6 Å². The van der Waals surface area contributed by atoms with Crippen LogP contribution in [-0.2, 0) is 6.42 Å². The Morgan fingerprint density at radius 2 is 1.71 bits per heavy atom. The molecule has 0 radical (unpaired) electrons. The van der Waals surface area contributed by atoms with Gasteiger partial charge in [0.25, 0.3) is 0 Å². The molecule has 3 aromatic rings. The molecule has 0 bridgehead atoms. The van der Waals surface area contributed by atoms with Crippen LogP contribution < -0.4 is 5.32 Å². The summed E-state index contributed by atoms with van der Waals surface area (Å²) in [5.41, 5.74) is 3.63. The minimum atomic E-state index is 0.839. The maximum absolute atomic E-state index is 4.29. The van der Waals surface area contributed by atoms with E-state index in [9.17, 15) is 0 Å². The predicted molar refractivity (Wildman–Crippen MR) is 93.7 cm³/mol. The lowest BCUT2D eigenvalue weighted by molar-refractivity contribution is 1.14. The molecule has 0 aliphatic rings. The van der Waals surface area contributed by atoms with Gasteiger partial charge >= 0.3 is 0 Å². The van der Waals surface area contributed by atoms with Gasteiger partial charge in [-0.3, -0.25) is 0 Å². The van der Waals surface area contributed by atoms with Crippen LogP contribution in [-0.4, -0.2) is 9.97 Å². The number of halogens is 1. The molecular weight excluding hydrogens is 373 g/mol. The van der Waals surface area contributed by atoms with Crippen LogP contribution in [0.2, 0.25) is 0 Å². The molecule has 1 aromatic heterocycles. The molecule has 21 heavy (non-hydrogen) atoms. The van der Waals surface area contributed by atoms with E-state index in [-0.39, 0.29) is 0 Å². The number of nitrogens with zero attached hydrogens (tertiary/aromatic N) is 2. The van der Waals surface area contributed by atoms with E-state index >= 15 is 0 Å². The zero-order chi connectivity index (χ0) is 14.5. The van der Waals surface area contributed by atoms with E-state index in [0.29, 0.717) is 0 Å². The monoisotopic (exact) mass is 387 g/mol. The van der Waals surface area contributed by atoms with Crippen molar-refractivity contribution in [2.24, 2.45) is 0 Å². The van der Waals surface area contributed by atoms with Crippen molar-refractivity contribution in [1.82, 2.24) is 9.97 Å². The van der Waals surface area contributed by atoms with Crippen molar-refractivity contribution in [3.8, 4) is 0 Å². The molecule has 0 unspecified atom stereocenters. The van der Waals surface area contributed by atoms with Gasteiger partial charge in [0.15, 0.2) is 0 Å². The smallest absolute Gasteiger partial charge is 0.147 e. The summed E-state index contributed by atoms with van der Waals surface area (Å²) < 4.78 is 1.00. The van der Waals surface area contributed by atoms with Crippen LogP contribution in [0, 0.1) is 3.57 Å². The molecule has 0 aliphatic carbocycles. The summed E-state index contributed by atoms with van der Waals surface area (Å²) in [7, 11) is 0. The van der Waals surface area contributed by atoms with Gasteiger partial charge in [0.1, 0.15) is 12.1 Å². The van der Waals surface area contributed by atoms with Crippen molar-refractivity contribution in [2.75, 3.05) is 5.32 Å². The fourth-order valence-corrected chi connectivity index (χ4v) is 2.58. The number of benzene rings is 2. The highest BCUT2D eigenvalue weighted by atomic mass is 127. The first-order valence-electron chi connectivity index (χ1n) is 6.67. The van der Waals surface area contributed by atoms with Gasteiger partial charge < -0.3 is 5.32 Å². The molecule has 0 aliphatic heterocycles. The van der Waals surface area contributed by atoms with Gasteiger partial charge in [0.2, 0.25) is 0 Å². The molecule has 0 fully saturated rings. The SMILES string of the molecule is Ic1cncnc1Nc1ccccc1Cc1ccccc1.